The van der Waals surface area contributed by atoms with Gasteiger partial charge in [0.2, 0.25) is 0 Å². The Kier molecular flexibility index (Phi) is 21.4. The van der Waals surface area contributed by atoms with Gasteiger partial charge in [0.1, 0.15) is 30.6 Å². The highest BCUT2D eigenvalue weighted by atomic mass is 31.2. The normalized spacial score (nSPS) is 18.7. The molecular weight excluding hydrogens is 559 g/mol. The van der Waals surface area contributed by atoms with Gasteiger partial charge in [-0.05, 0) is 6.92 Å². The van der Waals surface area contributed by atoms with E-state index in [-0.39, 0.29) is 46.1 Å². The highest BCUT2D eigenvalue weighted by molar-refractivity contribution is 7.46. The van der Waals surface area contributed by atoms with Crippen LogP contribution in [0.2, 0.25) is 0 Å². The van der Waals surface area contributed by atoms with Crippen molar-refractivity contribution < 1.29 is 74.7 Å². The van der Waals surface area contributed by atoms with Crippen LogP contribution >= 0.6 is 7.82 Å². The number of ether oxygens (including phenoxy) is 1. The van der Waals surface area contributed by atoms with Crippen molar-refractivity contribution in [1.82, 2.24) is 9.55 Å². The monoisotopic (exact) mass is 598 g/mol. The number of phosphoric acid groups is 1. The van der Waals surface area contributed by atoms with Gasteiger partial charge in [-0.25, -0.2) is 9.36 Å². The number of aryl methyl sites for hydroxylation is 1. The van der Waals surface area contributed by atoms with Crippen LogP contribution in [-0.2, 0) is 13.8 Å². The minimum Gasteiger partial charge on any atom is -0.394 e. The standard InChI is InChI=1S/C10H15N2O8P.3C3H8O3/c1-5-3-12(10(15)11-9(5)14)8-2-6(13)7(20-8)4-19-21(16,17)18;3*4-1-3(6)2-5/h3,6-8,13H,2,4H2,1H3,(H,11,14,15)(H2,16,17,18);3*3-6H,1-2H2/t6-,7+,8+;;;/m0.../s1. The third-order valence-corrected chi connectivity index (χ3v) is 4.82. The average Bonchev–Trinajstić information content (AvgIpc) is 3.28. The Hall–Kier alpha value is -1.65. The fourth-order valence-electron chi connectivity index (χ4n) is 2.18. The lowest BCUT2D eigenvalue weighted by Crippen LogP contribution is -2.33. The summed E-state index contributed by atoms with van der Waals surface area (Å²) in [7, 11) is -4.67. The summed E-state index contributed by atoms with van der Waals surface area (Å²) in [4.78, 5) is 42.3. The second-order valence-corrected chi connectivity index (χ2v) is 8.99. The molecule has 39 heavy (non-hydrogen) atoms. The molecule has 0 aromatic carbocycles. The summed E-state index contributed by atoms with van der Waals surface area (Å²) >= 11 is 0. The summed E-state index contributed by atoms with van der Waals surface area (Å²) in [5.41, 5.74) is -0.918. The molecule has 0 unspecified atom stereocenters. The molecule has 1 aliphatic rings. The summed E-state index contributed by atoms with van der Waals surface area (Å²) < 4.78 is 21.4. The van der Waals surface area contributed by atoms with Gasteiger partial charge in [-0.1, -0.05) is 0 Å². The van der Waals surface area contributed by atoms with E-state index in [1.165, 1.54) is 13.1 Å². The summed E-state index contributed by atoms with van der Waals surface area (Å²) in [6, 6.07) is 0. The first-order valence-electron chi connectivity index (χ1n) is 11.1. The summed E-state index contributed by atoms with van der Waals surface area (Å²) in [5, 5.41) is 81.8. The molecule has 13 N–H and O–H groups in total. The first-order chi connectivity index (χ1) is 18.1. The number of aromatic nitrogens is 2. The van der Waals surface area contributed by atoms with Gasteiger partial charge in [-0.15, -0.1) is 0 Å². The molecule has 3 atom stereocenters. The van der Waals surface area contributed by atoms with E-state index in [2.05, 4.69) is 9.51 Å². The number of phosphoric ester groups is 1. The Balaban J connectivity index is 0. The molecule has 2 rings (SSSR count). The van der Waals surface area contributed by atoms with Gasteiger partial charge in [0.05, 0.1) is 52.4 Å². The summed E-state index contributed by atoms with van der Waals surface area (Å²) in [6.07, 6.45) is -4.43. The minimum absolute atomic E-state index is 0.0283. The maximum absolute atomic E-state index is 11.7. The predicted octanol–water partition coefficient (Wildman–Crippen LogP) is -6.40. The number of nitrogens with zero attached hydrogens (tertiary/aromatic N) is 1. The van der Waals surface area contributed by atoms with Crippen LogP contribution in [0.15, 0.2) is 15.8 Å². The number of nitrogens with one attached hydrogen (secondary N) is 1. The Bertz CT molecular complexity index is 886. The highest BCUT2D eigenvalue weighted by Gasteiger charge is 2.37. The SMILES string of the molecule is Cc1cn([C@H]2C[C@H](O)[C@@H](COP(=O)(O)O)O2)c(=O)[nH]c1=O.OCC(O)CO.OCC(O)CO.OCC(O)CO. The number of rotatable bonds is 10. The molecular formula is C19H39N2O17P. The molecule has 2 heterocycles. The number of H-pyrrole nitrogens is 1. The van der Waals surface area contributed by atoms with Crippen molar-refractivity contribution in [1.29, 1.82) is 0 Å². The van der Waals surface area contributed by atoms with Gasteiger partial charge in [-0.3, -0.25) is 18.9 Å². The molecule has 1 aromatic heterocycles. The molecule has 0 spiro atoms. The molecule has 0 amide bonds. The summed E-state index contributed by atoms with van der Waals surface area (Å²) in [6.45, 7) is -1.19. The zero-order valence-electron chi connectivity index (χ0n) is 21.0. The molecule has 0 aliphatic carbocycles. The lowest BCUT2D eigenvalue weighted by molar-refractivity contribution is -0.0451. The van der Waals surface area contributed by atoms with E-state index in [4.69, 9.17) is 60.5 Å². The average molecular weight is 598 g/mol. The quantitative estimate of drug-likeness (QED) is 0.111. The van der Waals surface area contributed by atoms with Gasteiger partial charge >= 0.3 is 13.5 Å². The van der Waals surface area contributed by atoms with E-state index < -0.39 is 62.4 Å². The first kappa shape index (κ1) is 39.5. The van der Waals surface area contributed by atoms with Gasteiger partial charge in [0.25, 0.3) is 5.56 Å². The Labute approximate surface area is 221 Å². The first-order valence-corrected chi connectivity index (χ1v) is 12.7. The fraction of sp³-hybridized carbons (Fsp3) is 0.789. The van der Waals surface area contributed by atoms with Gasteiger partial charge < -0.3 is 65.6 Å². The molecule has 0 radical (unpaired) electrons. The van der Waals surface area contributed by atoms with Crippen molar-refractivity contribution >= 4 is 7.82 Å². The third-order valence-electron chi connectivity index (χ3n) is 4.33. The van der Waals surface area contributed by atoms with E-state index in [0.717, 1.165) is 4.57 Å². The van der Waals surface area contributed by atoms with Crippen molar-refractivity contribution in [3.63, 3.8) is 0 Å². The predicted molar refractivity (Wildman–Crippen MR) is 129 cm³/mol. The molecule has 1 fully saturated rings. The van der Waals surface area contributed by atoms with E-state index in [0.29, 0.717) is 5.56 Å². The lowest BCUT2D eigenvalue weighted by atomic mass is 10.2. The third kappa shape index (κ3) is 18.3. The highest BCUT2D eigenvalue weighted by Crippen LogP contribution is 2.38. The van der Waals surface area contributed by atoms with Crippen LogP contribution in [0.25, 0.3) is 0 Å². The Morgan fingerprint density at radius 3 is 1.69 bits per heavy atom. The van der Waals surface area contributed by atoms with Crippen molar-refractivity contribution in [2.75, 3.05) is 46.2 Å². The number of hydrogen-bond acceptors (Lipinski definition) is 15. The molecule has 20 heteroatoms. The zero-order chi connectivity index (χ0) is 30.8. The number of aromatic amines is 1. The van der Waals surface area contributed by atoms with Crippen molar-refractivity contribution in [3.05, 3.63) is 32.6 Å². The van der Waals surface area contributed by atoms with Crippen LogP contribution in [-0.4, -0.2) is 147 Å². The van der Waals surface area contributed by atoms with Crippen molar-refractivity contribution in [3.8, 4) is 0 Å². The van der Waals surface area contributed by atoms with E-state index >= 15 is 0 Å². The van der Waals surface area contributed by atoms with E-state index in [1.807, 2.05) is 0 Å². The maximum atomic E-state index is 11.7. The molecule has 1 saturated heterocycles. The van der Waals surface area contributed by atoms with Gasteiger partial charge in [0.15, 0.2) is 0 Å². The second-order valence-electron chi connectivity index (χ2n) is 7.75. The van der Waals surface area contributed by atoms with Crippen LogP contribution in [0, 0.1) is 6.92 Å². The van der Waals surface area contributed by atoms with Gasteiger partial charge in [-0.2, -0.15) is 0 Å². The molecule has 1 aromatic rings. The van der Waals surface area contributed by atoms with Crippen molar-refractivity contribution in [2.24, 2.45) is 0 Å². The smallest absolute Gasteiger partial charge is 0.394 e. The lowest BCUT2D eigenvalue weighted by Gasteiger charge is -2.16. The van der Waals surface area contributed by atoms with Crippen LogP contribution in [0.4, 0.5) is 0 Å². The largest absolute Gasteiger partial charge is 0.469 e. The van der Waals surface area contributed by atoms with Crippen LogP contribution in [0.5, 0.6) is 0 Å². The maximum Gasteiger partial charge on any atom is 0.469 e. The minimum atomic E-state index is -4.67. The van der Waals surface area contributed by atoms with Crippen molar-refractivity contribution in [2.45, 2.75) is 50.1 Å². The Morgan fingerprint density at radius 1 is 0.949 bits per heavy atom. The number of aliphatic hydroxyl groups is 10. The molecule has 0 saturated carbocycles. The molecule has 232 valence electrons. The van der Waals surface area contributed by atoms with E-state index in [9.17, 15) is 19.3 Å². The number of hydrogen-bond donors (Lipinski definition) is 13. The van der Waals surface area contributed by atoms with E-state index in [1.54, 1.807) is 0 Å². The van der Waals surface area contributed by atoms with Gasteiger partial charge in [0, 0.05) is 18.2 Å². The fourth-order valence-corrected chi connectivity index (χ4v) is 2.52. The zero-order valence-corrected chi connectivity index (χ0v) is 21.9. The van der Waals surface area contributed by atoms with Crippen LogP contribution in [0.3, 0.4) is 0 Å². The Morgan fingerprint density at radius 2 is 1.36 bits per heavy atom. The molecule has 1 aliphatic heterocycles. The molecule has 0 bridgehead atoms. The van der Waals surface area contributed by atoms with Crippen LogP contribution in [0.1, 0.15) is 18.2 Å². The second kappa shape index (κ2) is 21.1. The summed E-state index contributed by atoms with van der Waals surface area (Å²) in [5.74, 6) is 0. The topological polar surface area (TPSA) is 333 Å². The number of aliphatic hydroxyl groups excluding tert-OH is 10. The molecule has 19 nitrogen and oxygen atoms in total. The van der Waals surface area contributed by atoms with Crippen LogP contribution < -0.4 is 11.2 Å².